The molecule has 0 aromatic rings. The van der Waals surface area contributed by atoms with E-state index in [0.29, 0.717) is 43.5 Å². The van der Waals surface area contributed by atoms with Crippen LogP contribution in [-0.4, -0.2) is 53.6 Å². The molecule has 0 unspecified atom stereocenters. The molecule has 5 nitrogen and oxygen atoms in total. The second-order valence-electron chi connectivity index (χ2n) is 12.0. The van der Waals surface area contributed by atoms with E-state index in [4.69, 9.17) is 9.84 Å². The van der Waals surface area contributed by atoms with Crippen LogP contribution >= 0.6 is 0 Å². The van der Waals surface area contributed by atoms with E-state index in [9.17, 15) is 9.59 Å². The lowest BCUT2D eigenvalue weighted by Gasteiger charge is -2.35. The van der Waals surface area contributed by atoms with E-state index < -0.39 is 0 Å². The smallest absolute Gasteiger partial charge is 0.305 e. The first-order valence-corrected chi connectivity index (χ1v) is 12.9. The van der Waals surface area contributed by atoms with Crippen molar-refractivity contribution in [1.82, 2.24) is 4.90 Å². The average Bonchev–Trinajstić information content (AvgIpc) is 2.71. The fourth-order valence-electron chi connectivity index (χ4n) is 4.39. The van der Waals surface area contributed by atoms with Gasteiger partial charge in [-0.25, -0.2) is 0 Å². The summed E-state index contributed by atoms with van der Waals surface area (Å²) in [5.74, 6) is 1.43. The van der Waals surface area contributed by atoms with Crippen LogP contribution < -0.4 is 0 Å². The van der Waals surface area contributed by atoms with E-state index in [0.717, 1.165) is 64.5 Å². The first-order valence-electron chi connectivity index (χ1n) is 12.9. The second-order valence-corrected chi connectivity index (χ2v) is 12.0. The van der Waals surface area contributed by atoms with Gasteiger partial charge in [0.05, 0.1) is 6.61 Å². The molecule has 0 aromatic heterocycles. The van der Waals surface area contributed by atoms with Crippen LogP contribution in [0.1, 0.15) is 112 Å². The summed E-state index contributed by atoms with van der Waals surface area (Å²) in [6.45, 7) is 15.5. The highest BCUT2D eigenvalue weighted by Crippen LogP contribution is 2.32. The maximum Gasteiger partial charge on any atom is 0.305 e. The third-order valence-corrected chi connectivity index (χ3v) is 6.80. The molecule has 0 atom stereocenters. The van der Waals surface area contributed by atoms with Crippen molar-refractivity contribution in [1.29, 1.82) is 0 Å². The molecule has 0 amide bonds. The molecule has 0 bridgehead atoms. The van der Waals surface area contributed by atoms with Crippen molar-refractivity contribution >= 4 is 11.8 Å². The van der Waals surface area contributed by atoms with Crippen molar-refractivity contribution in [2.75, 3.05) is 26.3 Å². The Labute approximate surface area is 197 Å². The number of aliphatic hydroxyl groups excluding tert-OH is 1. The SMILES string of the molecule is CC(C)(C)CCC(=O)OCC1CCC(CCC(=O)CCN(CCCCO)C(C)(C)C)CC1. The van der Waals surface area contributed by atoms with Crippen LogP contribution in [0, 0.1) is 17.3 Å². The lowest BCUT2D eigenvalue weighted by molar-refractivity contribution is -0.146. The Morgan fingerprint density at radius 2 is 1.50 bits per heavy atom. The lowest BCUT2D eigenvalue weighted by Crippen LogP contribution is -2.43. The number of ether oxygens (including phenoxy) is 1. The van der Waals surface area contributed by atoms with Gasteiger partial charge in [-0.05, 0) is 83.1 Å². The minimum atomic E-state index is -0.0618. The first-order chi connectivity index (χ1) is 14.9. The number of ketones is 1. The summed E-state index contributed by atoms with van der Waals surface area (Å²) in [6, 6.07) is 0. The van der Waals surface area contributed by atoms with Gasteiger partial charge in [0.1, 0.15) is 5.78 Å². The van der Waals surface area contributed by atoms with Crippen LogP contribution in [0.2, 0.25) is 0 Å². The number of carbonyl (C=O) groups excluding carboxylic acids is 2. The van der Waals surface area contributed by atoms with Crippen molar-refractivity contribution in [3.05, 3.63) is 0 Å². The molecular formula is C27H51NO4. The van der Waals surface area contributed by atoms with Crippen molar-refractivity contribution < 1.29 is 19.4 Å². The summed E-state index contributed by atoms with van der Waals surface area (Å²) in [7, 11) is 0. The fourth-order valence-corrected chi connectivity index (χ4v) is 4.39. The highest BCUT2D eigenvalue weighted by molar-refractivity contribution is 5.78. The van der Waals surface area contributed by atoms with E-state index in [-0.39, 0.29) is 23.5 Å². The number of esters is 1. The van der Waals surface area contributed by atoms with Crippen molar-refractivity contribution in [3.63, 3.8) is 0 Å². The second kappa shape index (κ2) is 14.3. The van der Waals surface area contributed by atoms with E-state index in [1.54, 1.807) is 0 Å². The maximum atomic E-state index is 12.5. The molecular weight excluding hydrogens is 402 g/mol. The molecule has 1 fully saturated rings. The number of nitrogens with zero attached hydrogens (tertiary/aromatic N) is 1. The predicted octanol–water partition coefficient (Wildman–Crippen LogP) is 5.77. The summed E-state index contributed by atoms with van der Waals surface area (Å²) in [5.41, 5.74) is 0.212. The predicted molar refractivity (Wildman–Crippen MR) is 132 cm³/mol. The van der Waals surface area contributed by atoms with Crippen molar-refractivity contribution in [2.45, 2.75) is 118 Å². The Morgan fingerprint density at radius 1 is 0.875 bits per heavy atom. The van der Waals surface area contributed by atoms with Crippen LogP contribution in [-0.2, 0) is 14.3 Å². The van der Waals surface area contributed by atoms with Crippen LogP contribution in [0.25, 0.3) is 0 Å². The zero-order valence-electron chi connectivity index (χ0n) is 21.9. The number of aliphatic hydroxyl groups is 1. The fraction of sp³-hybridized carbons (Fsp3) is 0.926. The van der Waals surface area contributed by atoms with Crippen LogP contribution in [0.5, 0.6) is 0 Å². The Morgan fingerprint density at radius 3 is 2.06 bits per heavy atom. The van der Waals surface area contributed by atoms with Crippen molar-refractivity contribution in [3.8, 4) is 0 Å². The highest BCUT2D eigenvalue weighted by atomic mass is 16.5. The first kappa shape index (κ1) is 29.1. The molecule has 1 saturated carbocycles. The van der Waals surface area contributed by atoms with Gasteiger partial charge >= 0.3 is 5.97 Å². The standard InChI is InChI=1S/C27H51NO4/c1-26(2,3)17-15-25(31)32-21-23-11-9-22(10-12-23)13-14-24(30)16-19-28(27(4,5)6)18-7-8-20-29/h22-23,29H,7-21H2,1-6H3. The summed E-state index contributed by atoms with van der Waals surface area (Å²) in [5, 5.41) is 9.02. The Hall–Kier alpha value is -0.940. The summed E-state index contributed by atoms with van der Waals surface area (Å²) in [6.07, 6.45) is 9.97. The van der Waals surface area contributed by atoms with Crippen LogP contribution in [0.15, 0.2) is 0 Å². The summed E-state index contributed by atoms with van der Waals surface area (Å²) < 4.78 is 5.52. The molecule has 5 heteroatoms. The topological polar surface area (TPSA) is 66.8 Å². The molecule has 188 valence electrons. The van der Waals surface area contributed by atoms with Gasteiger partial charge in [0.25, 0.3) is 0 Å². The van der Waals surface area contributed by atoms with Gasteiger partial charge in [-0.15, -0.1) is 0 Å². The van der Waals surface area contributed by atoms with Gasteiger partial charge in [-0.1, -0.05) is 33.6 Å². The van der Waals surface area contributed by atoms with Gasteiger partial charge in [0, 0.05) is 38.0 Å². The quantitative estimate of drug-likeness (QED) is 0.267. The number of Topliss-reactive ketones (excluding diaryl/α,β-unsaturated/α-hetero) is 1. The Bertz CT molecular complexity index is 539. The number of rotatable bonds is 14. The van der Waals surface area contributed by atoms with Gasteiger partial charge in [0.15, 0.2) is 0 Å². The molecule has 1 aliphatic carbocycles. The summed E-state index contributed by atoms with van der Waals surface area (Å²) >= 11 is 0. The van der Waals surface area contributed by atoms with Gasteiger partial charge in [0.2, 0.25) is 0 Å². The molecule has 0 aromatic carbocycles. The molecule has 0 heterocycles. The molecule has 0 spiro atoms. The van der Waals surface area contributed by atoms with Crippen molar-refractivity contribution in [2.24, 2.45) is 17.3 Å². The minimum absolute atomic E-state index is 0.0459. The molecule has 0 saturated heterocycles. The monoisotopic (exact) mass is 453 g/mol. The zero-order valence-corrected chi connectivity index (χ0v) is 21.9. The van der Waals surface area contributed by atoms with E-state index >= 15 is 0 Å². The molecule has 1 N–H and O–H groups in total. The molecule has 0 radical (unpaired) electrons. The van der Waals surface area contributed by atoms with Crippen LogP contribution in [0.3, 0.4) is 0 Å². The van der Waals surface area contributed by atoms with Gasteiger partial charge in [-0.3, -0.25) is 14.5 Å². The molecule has 0 aliphatic heterocycles. The largest absolute Gasteiger partial charge is 0.465 e. The highest BCUT2D eigenvalue weighted by Gasteiger charge is 2.24. The van der Waals surface area contributed by atoms with Gasteiger partial charge < -0.3 is 9.84 Å². The maximum absolute atomic E-state index is 12.5. The lowest BCUT2D eigenvalue weighted by atomic mass is 9.80. The zero-order chi connectivity index (χ0) is 24.2. The Balaban J connectivity index is 2.21. The summed E-state index contributed by atoms with van der Waals surface area (Å²) in [4.78, 5) is 26.8. The molecule has 1 aliphatic rings. The van der Waals surface area contributed by atoms with Gasteiger partial charge in [-0.2, -0.15) is 0 Å². The number of hydrogen-bond acceptors (Lipinski definition) is 5. The minimum Gasteiger partial charge on any atom is -0.465 e. The van der Waals surface area contributed by atoms with E-state index in [2.05, 4.69) is 46.4 Å². The number of hydrogen-bond donors (Lipinski definition) is 1. The average molecular weight is 454 g/mol. The Kier molecular flexibility index (Phi) is 13.0. The third-order valence-electron chi connectivity index (χ3n) is 6.80. The molecule has 1 rings (SSSR count). The van der Waals surface area contributed by atoms with Crippen LogP contribution in [0.4, 0.5) is 0 Å². The normalized spacial score (nSPS) is 19.9. The molecule has 32 heavy (non-hydrogen) atoms. The number of carbonyl (C=O) groups is 2. The number of unbranched alkanes of at least 4 members (excludes halogenated alkanes) is 1. The third kappa shape index (κ3) is 13.6. The van der Waals surface area contributed by atoms with E-state index in [1.165, 1.54) is 0 Å². The van der Waals surface area contributed by atoms with E-state index in [1.807, 2.05) is 0 Å².